The zero-order chi connectivity index (χ0) is 19.4. The summed E-state index contributed by atoms with van der Waals surface area (Å²) in [5.41, 5.74) is 2.73. The molecule has 0 bridgehead atoms. The summed E-state index contributed by atoms with van der Waals surface area (Å²) in [5.74, 6) is 0.125. The van der Waals surface area contributed by atoms with E-state index in [9.17, 15) is 13.2 Å². The zero-order valence-corrected chi connectivity index (χ0v) is 17.2. The number of carbonyl (C=O) groups is 1. The number of nitrogens with one attached hydrogen (secondary N) is 1. The van der Waals surface area contributed by atoms with E-state index in [-0.39, 0.29) is 17.6 Å². The number of fused-ring (bicyclic) bond motifs is 1. The van der Waals surface area contributed by atoms with Crippen LogP contribution in [0.5, 0.6) is 0 Å². The summed E-state index contributed by atoms with van der Waals surface area (Å²) >= 11 is 0. The van der Waals surface area contributed by atoms with Gasteiger partial charge in [-0.25, -0.2) is 12.7 Å². The molecule has 27 heavy (non-hydrogen) atoms. The molecule has 1 amide bonds. The minimum absolute atomic E-state index is 0.0680. The van der Waals surface area contributed by atoms with Crippen LogP contribution in [0.15, 0.2) is 24.3 Å². The number of sulfonamides is 1. The molecule has 0 radical (unpaired) electrons. The van der Waals surface area contributed by atoms with Crippen molar-refractivity contribution in [3.05, 3.63) is 29.8 Å². The molecule has 1 fully saturated rings. The molecule has 0 spiro atoms. The predicted octanol–water partition coefficient (Wildman–Crippen LogP) is 2.01. The molecule has 150 valence electrons. The number of amides is 1. The van der Waals surface area contributed by atoms with E-state index in [4.69, 9.17) is 0 Å². The molecule has 2 aliphatic rings. The van der Waals surface area contributed by atoms with Crippen LogP contribution < -0.4 is 10.2 Å². The molecule has 0 aliphatic carbocycles. The van der Waals surface area contributed by atoms with Gasteiger partial charge in [0.05, 0.1) is 5.75 Å². The molecular weight excluding hydrogens is 362 g/mol. The van der Waals surface area contributed by atoms with Gasteiger partial charge in [0.2, 0.25) is 15.9 Å². The van der Waals surface area contributed by atoms with Gasteiger partial charge < -0.3 is 10.2 Å². The Kier molecular flexibility index (Phi) is 6.42. The number of carbonyl (C=O) groups excluding carboxylic acids is 1. The van der Waals surface area contributed by atoms with Crippen LogP contribution in [0.4, 0.5) is 5.69 Å². The first-order valence-electron chi connectivity index (χ1n) is 10.0. The maximum Gasteiger partial charge on any atom is 0.223 e. The van der Waals surface area contributed by atoms with Crippen molar-refractivity contribution in [3.8, 4) is 0 Å². The maximum atomic E-state index is 12.4. The molecule has 1 atom stereocenters. The standard InChI is InChI=1S/C20H31N3O3S/c1-3-27(25,26)22-13-9-17(10-14-22)20(24)21-11-6-12-23-16(2)15-18-7-4-5-8-19(18)23/h4-5,7-8,16-17H,3,6,9-15H2,1-2H3,(H,21,24)/t16-/m1/s1. The van der Waals surface area contributed by atoms with Gasteiger partial charge in [-0.05, 0) is 51.2 Å². The Morgan fingerprint density at radius 3 is 2.63 bits per heavy atom. The first kappa shape index (κ1) is 20.1. The molecular formula is C20H31N3O3S. The van der Waals surface area contributed by atoms with Gasteiger partial charge in [0.1, 0.15) is 0 Å². The second kappa shape index (κ2) is 8.61. The minimum Gasteiger partial charge on any atom is -0.368 e. The lowest BCUT2D eigenvalue weighted by molar-refractivity contribution is -0.126. The number of nitrogens with zero attached hydrogens (tertiary/aromatic N) is 2. The number of para-hydroxylation sites is 1. The third kappa shape index (κ3) is 4.63. The molecule has 6 nitrogen and oxygen atoms in total. The highest BCUT2D eigenvalue weighted by Crippen LogP contribution is 2.31. The zero-order valence-electron chi connectivity index (χ0n) is 16.4. The molecule has 3 rings (SSSR count). The first-order valence-corrected chi connectivity index (χ1v) is 11.6. The lowest BCUT2D eigenvalue weighted by Crippen LogP contribution is -2.43. The summed E-state index contributed by atoms with van der Waals surface area (Å²) in [6, 6.07) is 9.04. The van der Waals surface area contributed by atoms with E-state index in [0.29, 0.717) is 38.5 Å². The Bertz CT molecular complexity index is 757. The molecule has 7 heteroatoms. The van der Waals surface area contributed by atoms with Crippen molar-refractivity contribution in [2.45, 2.75) is 45.6 Å². The van der Waals surface area contributed by atoms with Gasteiger partial charge in [-0.3, -0.25) is 4.79 Å². The summed E-state index contributed by atoms with van der Waals surface area (Å²) in [4.78, 5) is 14.8. The summed E-state index contributed by atoms with van der Waals surface area (Å²) in [5, 5.41) is 3.05. The number of rotatable bonds is 7. The van der Waals surface area contributed by atoms with Gasteiger partial charge in [-0.2, -0.15) is 0 Å². The van der Waals surface area contributed by atoms with Crippen molar-refractivity contribution in [3.63, 3.8) is 0 Å². The van der Waals surface area contributed by atoms with Crippen molar-refractivity contribution in [2.24, 2.45) is 5.92 Å². The third-order valence-electron chi connectivity index (χ3n) is 5.81. The van der Waals surface area contributed by atoms with Crippen molar-refractivity contribution in [1.29, 1.82) is 0 Å². The number of anilines is 1. The number of piperidine rings is 1. The van der Waals surface area contributed by atoms with Crippen LogP contribution in [0.2, 0.25) is 0 Å². The molecule has 0 unspecified atom stereocenters. The van der Waals surface area contributed by atoms with Gasteiger partial charge in [-0.15, -0.1) is 0 Å². The predicted molar refractivity (Wildman–Crippen MR) is 108 cm³/mol. The summed E-state index contributed by atoms with van der Waals surface area (Å²) in [6.45, 7) is 6.42. The van der Waals surface area contributed by atoms with Crippen LogP contribution in [-0.2, 0) is 21.2 Å². The lowest BCUT2D eigenvalue weighted by atomic mass is 9.97. The van der Waals surface area contributed by atoms with Crippen molar-refractivity contribution >= 4 is 21.6 Å². The molecule has 2 aliphatic heterocycles. The Morgan fingerprint density at radius 2 is 1.93 bits per heavy atom. The highest BCUT2D eigenvalue weighted by molar-refractivity contribution is 7.89. The van der Waals surface area contributed by atoms with Crippen LogP contribution in [0, 0.1) is 5.92 Å². The molecule has 2 heterocycles. The largest absolute Gasteiger partial charge is 0.368 e. The summed E-state index contributed by atoms with van der Waals surface area (Å²) in [7, 11) is -3.13. The molecule has 0 saturated carbocycles. The van der Waals surface area contributed by atoms with Crippen LogP contribution in [0.25, 0.3) is 0 Å². The van der Waals surface area contributed by atoms with Crippen LogP contribution >= 0.6 is 0 Å². The smallest absolute Gasteiger partial charge is 0.223 e. The molecule has 1 saturated heterocycles. The maximum absolute atomic E-state index is 12.4. The molecule has 1 aromatic carbocycles. The second-order valence-corrected chi connectivity index (χ2v) is 9.85. The van der Waals surface area contributed by atoms with Crippen LogP contribution in [-0.4, -0.2) is 56.6 Å². The second-order valence-electron chi connectivity index (χ2n) is 7.59. The van der Waals surface area contributed by atoms with Gasteiger partial charge in [0.15, 0.2) is 0 Å². The normalized spacial score (nSPS) is 21.3. The quantitative estimate of drug-likeness (QED) is 0.720. The minimum atomic E-state index is -3.13. The highest BCUT2D eigenvalue weighted by atomic mass is 32.2. The van der Waals surface area contributed by atoms with E-state index in [2.05, 4.69) is 41.4 Å². The Morgan fingerprint density at radius 1 is 1.22 bits per heavy atom. The Hall–Kier alpha value is -1.60. The molecule has 1 N–H and O–H groups in total. The van der Waals surface area contributed by atoms with E-state index >= 15 is 0 Å². The SMILES string of the molecule is CCS(=O)(=O)N1CCC(C(=O)NCCCN2c3ccccc3C[C@H]2C)CC1. The van der Waals surface area contributed by atoms with Crippen molar-refractivity contribution in [1.82, 2.24) is 9.62 Å². The fraction of sp³-hybridized carbons (Fsp3) is 0.650. The van der Waals surface area contributed by atoms with E-state index in [1.54, 1.807) is 6.92 Å². The average Bonchev–Trinajstić information content (AvgIpc) is 3.00. The van der Waals surface area contributed by atoms with Crippen LogP contribution in [0.3, 0.4) is 0 Å². The number of benzene rings is 1. The number of hydrogen-bond acceptors (Lipinski definition) is 4. The van der Waals surface area contributed by atoms with Gasteiger partial charge in [-0.1, -0.05) is 18.2 Å². The Balaban J connectivity index is 1.40. The van der Waals surface area contributed by atoms with Gasteiger partial charge in [0.25, 0.3) is 0 Å². The fourth-order valence-electron chi connectivity index (χ4n) is 4.15. The van der Waals surface area contributed by atoms with E-state index < -0.39 is 10.0 Å². The van der Waals surface area contributed by atoms with E-state index in [1.807, 2.05) is 0 Å². The fourth-order valence-corrected chi connectivity index (χ4v) is 5.29. The van der Waals surface area contributed by atoms with E-state index in [0.717, 1.165) is 19.4 Å². The van der Waals surface area contributed by atoms with Gasteiger partial charge >= 0.3 is 0 Å². The van der Waals surface area contributed by atoms with Crippen molar-refractivity contribution < 1.29 is 13.2 Å². The number of hydrogen-bond donors (Lipinski definition) is 1. The third-order valence-corrected chi connectivity index (χ3v) is 7.69. The highest BCUT2D eigenvalue weighted by Gasteiger charge is 2.30. The molecule has 0 aromatic heterocycles. The van der Waals surface area contributed by atoms with E-state index in [1.165, 1.54) is 15.6 Å². The summed E-state index contributed by atoms with van der Waals surface area (Å²) < 4.78 is 25.3. The monoisotopic (exact) mass is 393 g/mol. The van der Waals surface area contributed by atoms with Gasteiger partial charge in [0, 0.05) is 43.8 Å². The van der Waals surface area contributed by atoms with Crippen LogP contribution in [0.1, 0.15) is 38.7 Å². The first-order chi connectivity index (χ1) is 12.9. The average molecular weight is 394 g/mol. The Labute approximate surface area is 163 Å². The topological polar surface area (TPSA) is 69.7 Å². The molecule has 1 aromatic rings. The lowest BCUT2D eigenvalue weighted by Gasteiger charge is -2.30. The summed E-state index contributed by atoms with van der Waals surface area (Å²) in [6.07, 6.45) is 3.22. The van der Waals surface area contributed by atoms with Crippen molar-refractivity contribution in [2.75, 3.05) is 36.8 Å².